The smallest absolute Gasteiger partial charge is 0.330 e. The SMILES string of the molecule is O=C(O)C(Nc1cccc(Br)c1)c1ccc2c(c1)OCO2. The molecule has 0 spiro atoms. The lowest BCUT2D eigenvalue weighted by Gasteiger charge is -2.16. The van der Waals surface area contributed by atoms with Crippen LogP contribution in [-0.2, 0) is 4.79 Å². The van der Waals surface area contributed by atoms with Crippen molar-refractivity contribution in [1.29, 1.82) is 0 Å². The standard InChI is InChI=1S/C15H12BrNO4/c16-10-2-1-3-11(7-10)17-14(15(18)19)9-4-5-12-13(6-9)21-8-20-12/h1-7,14,17H,8H2,(H,18,19). The highest BCUT2D eigenvalue weighted by Gasteiger charge is 2.23. The Morgan fingerprint density at radius 1 is 1.19 bits per heavy atom. The van der Waals surface area contributed by atoms with Crippen LogP contribution in [0, 0.1) is 0 Å². The Bertz CT molecular complexity index is 689. The van der Waals surface area contributed by atoms with E-state index in [1.807, 2.05) is 24.3 Å². The fraction of sp³-hybridized carbons (Fsp3) is 0.133. The molecule has 2 aromatic rings. The number of fused-ring (bicyclic) bond motifs is 1. The number of rotatable bonds is 4. The number of anilines is 1. The molecular formula is C15H12BrNO4. The van der Waals surface area contributed by atoms with Crippen molar-refractivity contribution in [2.45, 2.75) is 6.04 Å². The summed E-state index contributed by atoms with van der Waals surface area (Å²) in [4.78, 5) is 11.5. The fourth-order valence-electron chi connectivity index (χ4n) is 2.13. The molecule has 0 aromatic heterocycles. The summed E-state index contributed by atoms with van der Waals surface area (Å²) in [6, 6.07) is 11.6. The maximum Gasteiger partial charge on any atom is 0.330 e. The van der Waals surface area contributed by atoms with E-state index in [1.165, 1.54) is 0 Å². The molecule has 1 aliphatic rings. The number of aliphatic carboxylic acids is 1. The molecule has 5 nitrogen and oxygen atoms in total. The number of hydrogen-bond acceptors (Lipinski definition) is 4. The second-order valence-corrected chi connectivity index (χ2v) is 5.45. The highest BCUT2D eigenvalue weighted by atomic mass is 79.9. The zero-order valence-electron chi connectivity index (χ0n) is 10.9. The molecule has 21 heavy (non-hydrogen) atoms. The Hall–Kier alpha value is -2.21. The Balaban J connectivity index is 1.89. The van der Waals surface area contributed by atoms with Crippen LogP contribution in [0.15, 0.2) is 46.9 Å². The third-order valence-electron chi connectivity index (χ3n) is 3.11. The van der Waals surface area contributed by atoms with Crippen LogP contribution in [0.4, 0.5) is 5.69 Å². The topological polar surface area (TPSA) is 67.8 Å². The van der Waals surface area contributed by atoms with Gasteiger partial charge in [-0.25, -0.2) is 4.79 Å². The summed E-state index contributed by atoms with van der Waals surface area (Å²) in [5, 5.41) is 12.5. The van der Waals surface area contributed by atoms with Gasteiger partial charge in [-0.2, -0.15) is 0 Å². The van der Waals surface area contributed by atoms with Crippen LogP contribution in [-0.4, -0.2) is 17.9 Å². The zero-order valence-corrected chi connectivity index (χ0v) is 12.5. The molecule has 0 fully saturated rings. The van der Waals surface area contributed by atoms with Crippen LogP contribution < -0.4 is 14.8 Å². The van der Waals surface area contributed by atoms with Gasteiger partial charge in [0.05, 0.1) is 0 Å². The Morgan fingerprint density at radius 2 is 2.00 bits per heavy atom. The van der Waals surface area contributed by atoms with E-state index in [9.17, 15) is 9.90 Å². The van der Waals surface area contributed by atoms with Gasteiger partial charge in [-0.3, -0.25) is 0 Å². The monoisotopic (exact) mass is 349 g/mol. The minimum absolute atomic E-state index is 0.162. The molecule has 2 N–H and O–H groups in total. The highest BCUT2D eigenvalue weighted by molar-refractivity contribution is 9.10. The van der Waals surface area contributed by atoms with Gasteiger partial charge in [0.2, 0.25) is 6.79 Å². The van der Waals surface area contributed by atoms with Gasteiger partial charge >= 0.3 is 5.97 Å². The predicted molar refractivity (Wildman–Crippen MR) is 80.7 cm³/mol. The third-order valence-corrected chi connectivity index (χ3v) is 3.61. The molecule has 1 atom stereocenters. The van der Waals surface area contributed by atoms with Crippen molar-refractivity contribution in [2.75, 3.05) is 12.1 Å². The first-order chi connectivity index (χ1) is 10.1. The molecule has 3 rings (SSSR count). The normalized spacial score (nSPS) is 13.8. The molecule has 0 radical (unpaired) electrons. The molecule has 108 valence electrons. The Kier molecular flexibility index (Phi) is 3.70. The van der Waals surface area contributed by atoms with Gasteiger partial charge < -0.3 is 19.9 Å². The lowest BCUT2D eigenvalue weighted by molar-refractivity contribution is -0.138. The number of ether oxygens (including phenoxy) is 2. The summed E-state index contributed by atoms with van der Waals surface area (Å²) in [5.41, 5.74) is 1.32. The number of nitrogens with one attached hydrogen (secondary N) is 1. The molecule has 2 aromatic carbocycles. The molecule has 0 amide bonds. The van der Waals surface area contributed by atoms with Crippen molar-refractivity contribution in [3.8, 4) is 11.5 Å². The van der Waals surface area contributed by atoms with E-state index in [4.69, 9.17) is 9.47 Å². The number of hydrogen-bond donors (Lipinski definition) is 2. The number of carboxylic acid groups (broad SMARTS) is 1. The molecule has 0 bridgehead atoms. The van der Waals surface area contributed by atoms with Crippen molar-refractivity contribution in [3.05, 3.63) is 52.5 Å². The highest BCUT2D eigenvalue weighted by Crippen LogP contribution is 2.35. The lowest BCUT2D eigenvalue weighted by atomic mass is 10.1. The zero-order chi connectivity index (χ0) is 14.8. The van der Waals surface area contributed by atoms with E-state index in [0.717, 1.165) is 10.2 Å². The first-order valence-corrected chi connectivity index (χ1v) is 7.07. The first kappa shape index (κ1) is 13.8. The van der Waals surface area contributed by atoms with E-state index in [-0.39, 0.29) is 6.79 Å². The molecular weight excluding hydrogens is 338 g/mol. The van der Waals surface area contributed by atoms with Crippen LogP contribution in [0.3, 0.4) is 0 Å². The van der Waals surface area contributed by atoms with Gasteiger partial charge in [-0.05, 0) is 35.9 Å². The first-order valence-electron chi connectivity index (χ1n) is 6.28. The number of halogens is 1. The number of carboxylic acids is 1. The number of benzene rings is 2. The van der Waals surface area contributed by atoms with Crippen LogP contribution in [0.2, 0.25) is 0 Å². The largest absolute Gasteiger partial charge is 0.479 e. The minimum Gasteiger partial charge on any atom is -0.479 e. The van der Waals surface area contributed by atoms with E-state index in [1.54, 1.807) is 18.2 Å². The van der Waals surface area contributed by atoms with Crippen molar-refractivity contribution in [3.63, 3.8) is 0 Å². The van der Waals surface area contributed by atoms with Crippen LogP contribution >= 0.6 is 15.9 Å². The predicted octanol–water partition coefficient (Wildman–Crippen LogP) is 3.42. The summed E-state index contributed by atoms with van der Waals surface area (Å²) in [6.07, 6.45) is 0. The van der Waals surface area contributed by atoms with E-state index in [0.29, 0.717) is 17.1 Å². The minimum atomic E-state index is -0.964. The molecule has 0 saturated heterocycles. The third kappa shape index (κ3) is 2.95. The second kappa shape index (κ2) is 5.65. The second-order valence-electron chi connectivity index (χ2n) is 4.54. The molecule has 6 heteroatoms. The average molecular weight is 350 g/mol. The van der Waals surface area contributed by atoms with Gasteiger partial charge in [0, 0.05) is 10.2 Å². The van der Waals surface area contributed by atoms with Gasteiger partial charge in [0.15, 0.2) is 17.5 Å². The Labute approximate surface area is 129 Å². The Morgan fingerprint density at radius 3 is 2.76 bits per heavy atom. The van der Waals surface area contributed by atoms with Crippen molar-refractivity contribution < 1.29 is 19.4 Å². The van der Waals surface area contributed by atoms with Crippen LogP contribution in [0.25, 0.3) is 0 Å². The van der Waals surface area contributed by atoms with E-state index < -0.39 is 12.0 Å². The molecule has 1 unspecified atom stereocenters. The van der Waals surface area contributed by atoms with Crippen molar-refractivity contribution >= 4 is 27.6 Å². The van der Waals surface area contributed by atoms with Gasteiger partial charge in [-0.15, -0.1) is 0 Å². The van der Waals surface area contributed by atoms with Gasteiger partial charge in [0.1, 0.15) is 0 Å². The molecule has 0 saturated carbocycles. The maximum atomic E-state index is 11.5. The summed E-state index contributed by atoms with van der Waals surface area (Å²) in [5.74, 6) is 0.231. The summed E-state index contributed by atoms with van der Waals surface area (Å²) >= 11 is 3.36. The fourth-order valence-corrected chi connectivity index (χ4v) is 2.52. The summed E-state index contributed by atoms with van der Waals surface area (Å²) in [6.45, 7) is 0.162. The van der Waals surface area contributed by atoms with Crippen LogP contribution in [0.1, 0.15) is 11.6 Å². The summed E-state index contributed by atoms with van der Waals surface area (Å²) < 4.78 is 11.4. The molecule has 0 aliphatic carbocycles. The van der Waals surface area contributed by atoms with E-state index in [2.05, 4.69) is 21.2 Å². The average Bonchev–Trinajstić information content (AvgIpc) is 2.92. The van der Waals surface area contributed by atoms with Gasteiger partial charge in [-0.1, -0.05) is 28.1 Å². The molecule has 1 heterocycles. The van der Waals surface area contributed by atoms with E-state index >= 15 is 0 Å². The lowest BCUT2D eigenvalue weighted by Crippen LogP contribution is -2.20. The maximum absolute atomic E-state index is 11.5. The van der Waals surface area contributed by atoms with Crippen LogP contribution in [0.5, 0.6) is 11.5 Å². The van der Waals surface area contributed by atoms with Crippen molar-refractivity contribution in [2.24, 2.45) is 0 Å². The quantitative estimate of drug-likeness (QED) is 0.885. The van der Waals surface area contributed by atoms with Gasteiger partial charge in [0.25, 0.3) is 0 Å². The molecule has 1 aliphatic heterocycles. The summed E-state index contributed by atoms with van der Waals surface area (Å²) in [7, 11) is 0. The van der Waals surface area contributed by atoms with Crippen molar-refractivity contribution in [1.82, 2.24) is 0 Å². The number of carbonyl (C=O) groups is 1.